The summed E-state index contributed by atoms with van der Waals surface area (Å²) in [6, 6.07) is 1.08. The number of sulfonamides is 1. The van der Waals surface area contributed by atoms with Crippen LogP contribution in [0.5, 0.6) is 0 Å². The molecule has 9 heteroatoms. The van der Waals surface area contributed by atoms with Gasteiger partial charge in [-0.25, -0.2) is 8.42 Å². The second-order valence-electron chi connectivity index (χ2n) is 4.17. The summed E-state index contributed by atoms with van der Waals surface area (Å²) < 4.78 is 25.6. The third-order valence-corrected chi connectivity index (χ3v) is 5.00. The second kappa shape index (κ2) is 4.95. The van der Waals surface area contributed by atoms with Gasteiger partial charge in [0.05, 0.1) is 11.4 Å². The molecule has 2 heterocycles. The van der Waals surface area contributed by atoms with E-state index in [1.165, 1.54) is 4.90 Å². The van der Waals surface area contributed by atoms with Crippen LogP contribution in [0.2, 0.25) is 5.02 Å². The molecule has 1 aromatic rings. The summed E-state index contributed by atoms with van der Waals surface area (Å²) in [7, 11) is -2.21. The molecule has 1 aliphatic rings. The number of hydrogen-bond donors (Lipinski definition) is 1. The third-order valence-electron chi connectivity index (χ3n) is 2.89. The van der Waals surface area contributed by atoms with Gasteiger partial charge < -0.3 is 9.88 Å². The SMILES string of the molecule is CN1CCN(S(=O)(=O)c2c[nH]c(=O)c(Cl)c2)CC1=O. The van der Waals surface area contributed by atoms with Gasteiger partial charge in [0.25, 0.3) is 5.56 Å². The summed E-state index contributed by atoms with van der Waals surface area (Å²) in [6.45, 7) is 0.325. The quantitative estimate of drug-likeness (QED) is 0.797. The van der Waals surface area contributed by atoms with Crippen molar-refractivity contribution < 1.29 is 13.2 Å². The molecule has 1 amide bonds. The Morgan fingerprint density at radius 1 is 1.32 bits per heavy atom. The molecule has 0 aromatic carbocycles. The van der Waals surface area contributed by atoms with E-state index in [9.17, 15) is 18.0 Å². The smallest absolute Gasteiger partial charge is 0.266 e. The number of pyridine rings is 1. The number of aromatic amines is 1. The predicted octanol–water partition coefficient (Wildman–Crippen LogP) is -0.509. The number of rotatable bonds is 2. The monoisotopic (exact) mass is 305 g/mol. The molecule has 104 valence electrons. The lowest BCUT2D eigenvalue weighted by atomic mass is 10.4. The van der Waals surface area contributed by atoms with Gasteiger partial charge in [-0.2, -0.15) is 4.31 Å². The highest BCUT2D eigenvalue weighted by Crippen LogP contribution is 2.18. The van der Waals surface area contributed by atoms with Crippen molar-refractivity contribution in [1.29, 1.82) is 0 Å². The molecule has 2 rings (SSSR count). The summed E-state index contributed by atoms with van der Waals surface area (Å²) >= 11 is 5.61. The van der Waals surface area contributed by atoms with Crippen molar-refractivity contribution in [3.63, 3.8) is 0 Å². The maximum Gasteiger partial charge on any atom is 0.266 e. The number of nitrogens with one attached hydrogen (secondary N) is 1. The zero-order chi connectivity index (χ0) is 14.2. The van der Waals surface area contributed by atoms with Crippen molar-refractivity contribution in [2.24, 2.45) is 0 Å². The number of amides is 1. The van der Waals surface area contributed by atoms with Gasteiger partial charge in [0.1, 0.15) is 5.02 Å². The number of halogens is 1. The zero-order valence-corrected chi connectivity index (χ0v) is 11.7. The van der Waals surface area contributed by atoms with Crippen LogP contribution in [-0.2, 0) is 14.8 Å². The Labute approximate surface area is 114 Å². The van der Waals surface area contributed by atoms with E-state index in [-0.39, 0.29) is 28.9 Å². The first-order valence-electron chi connectivity index (χ1n) is 5.45. The minimum Gasteiger partial charge on any atom is -0.343 e. The van der Waals surface area contributed by atoms with Crippen LogP contribution in [0.15, 0.2) is 22.0 Å². The molecule has 1 aromatic heterocycles. The number of hydrogen-bond acceptors (Lipinski definition) is 4. The number of likely N-dealkylation sites (N-methyl/N-ethyl adjacent to an activating group) is 1. The van der Waals surface area contributed by atoms with Crippen LogP contribution in [0.4, 0.5) is 0 Å². The Kier molecular flexibility index (Phi) is 3.66. The van der Waals surface area contributed by atoms with Crippen LogP contribution in [-0.4, -0.2) is 55.2 Å². The molecule has 1 saturated heterocycles. The van der Waals surface area contributed by atoms with Gasteiger partial charge in [0, 0.05) is 26.3 Å². The molecule has 0 bridgehead atoms. The molecule has 0 spiro atoms. The average molecular weight is 306 g/mol. The van der Waals surface area contributed by atoms with Gasteiger partial charge in [-0.3, -0.25) is 9.59 Å². The lowest BCUT2D eigenvalue weighted by Crippen LogP contribution is -2.50. The number of carbonyl (C=O) groups is 1. The van der Waals surface area contributed by atoms with Crippen molar-refractivity contribution in [1.82, 2.24) is 14.2 Å². The molecule has 1 N–H and O–H groups in total. The first-order chi connectivity index (χ1) is 8.82. The standard InChI is InChI=1S/C10H12ClN3O4S/c1-13-2-3-14(6-9(13)15)19(17,18)7-4-8(11)10(16)12-5-7/h4-5H,2-3,6H2,1H3,(H,12,16). The molecular formula is C10H12ClN3O4S. The van der Waals surface area contributed by atoms with Gasteiger partial charge in [0.2, 0.25) is 15.9 Å². The minimum atomic E-state index is -3.83. The van der Waals surface area contributed by atoms with Crippen molar-refractivity contribution in [2.75, 3.05) is 26.7 Å². The van der Waals surface area contributed by atoms with Crippen molar-refractivity contribution in [3.8, 4) is 0 Å². The highest BCUT2D eigenvalue weighted by molar-refractivity contribution is 7.89. The topological polar surface area (TPSA) is 90.6 Å². The highest BCUT2D eigenvalue weighted by atomic mass is 35.5. The van der Waals surface area contributed by atoms with Gasteiger partial charge in [0.15, 0.2) is 0 Å². The number of aromatic nitrogens is 1. The van der Waals surface area contributed by atoms with Crippen molar-refractivity contribution in [2.45, 2.75) is 4.90 Å². The molecule has 19 heavy (non-hydrogen) atoms. The zero-order valence-electron chi connectivity index (χ0n) is 10.1. The van der Waals surface area contributed by atoms with E-state index in [1.54, 1.807) is 7.05 Å². The Morgan fingerprint density at radius 2 is 2.00 bits per heavy atom. The largest absolute Gasteiger partial charge is 0.343 e. The normalized spacial score (nSPS) is 17.8. The predicted molar refractivity (Wildman–Crippen MR) is 68.5 cm³/mol. The fourth-order valence-electron chi connectivity index (χ4n) is 1.68. The summed E-state index contributed by atoms with van der Waals surface area (Å²) in [5, 5.41) is -0.207. The minimum absolute atomic E-state index is 0.130. The Balaban J connectivity index is 2.35. The Hall–Kier alpha value is -1.38. The van der Waals surface area contributed by atoms with Crippen LogP contribution >= 0.6 is 11.6 Å². The number of H-pyrrole nitrogens is 1. The number of nitrogens with zero attached hydrogens (tertiary/aromatic N) is 2. The Bertz CT molecular complexity index is 670. The van der Waals surface area contributed by atoms with E-state index < -0.39 is 15.6 Å². The molecule has 0 radical (unpaired) electrons. The van der Waals surface area contributed by atoms with E-state index >= 15 is 0 Å². The molecule has 0 unspecified atom stereocenters. The summed E-state index contributed by atoms with van der Waals surface area (Å²) in [4.78, 5) is 26.2. The third kappa shape index (κ3) is 2.65. The second-order valence-corrected chi connectivity index (χ2v) is 6.51. The average Bonchev–Trinajstić information content (AvgIpc) is 2.35. The molecule has 1 aliphatic heterocycles. The van der Waals surface area contributed by atoms with Crippen LogP contribution in [0.1, 0.15) is 0 Å². The lowest BCUT2D eigenvalue weighted by molar-refractivity contribution is -0.132. The summed E-state index contributed by atoms with van der Waals surface area (Å²) in [5.74, 6) is -0.273. The van der Waals surface area contributed by atoms with E-state index in [4.69, 9.17) is 11.6 Å². The van der Waals surface area contributed by atoms with Gasteiger partial charge >= 0.3 is 0 Å². The first-order valence-corrected chi connectivity index (χ1v) is 7.26. The maximum absolute atomic E-state index is 12.3. The maximum atomic E-state index is 12.3. The van der Waals surface area contributed by atoms with Crippen LogP contribution in [0.25, 0.3) is 0 Å². The van der Waals surface area contributed by atoms with Gasteiger partial charge in [-0.15, -0.1) is 0 Å². The van der Waals surface area contributed by atoms with E-state index in [1.807, 2.05) is 0 Å². The lowest BCUT2D eigenvalue weighted by Gasteiger charge is -2.31. The molecule has 7 nitrogen and oxygen atoms in total. The van der Waals surface area contributed by atoms with E-state index in [0.29, 0.717) is 6.54 Å². The van der Waals surface area contributed by atoms with Crippen molar-refractivity contribution >= 4 is 27.5 Å². The summed E-state index contributed by atoms with van der Waals surface area (Å²) in [6.07, 6.45) is 1.08. The fraction of sp³-hybridized carbons (Fsp3) is 0.400. The number of piperazine rings is 1. The first kappa shape index (κ1) is 14.0. The van der Waals surface area contributed by atoms with Crippen LogP contribution < -0.4 is 5.56 Å². The molecule has 0 aliphatic carbocycles. The summed E-state index contributed by atoms with van der Waals surface area (Å²) in [5.41, 5.74) is -0.560. The van der Waals surface area contributed by atoms with Crippen LogP contribution in [0, 0.1) is 0 Å². The number of carbonyl (C=O) groups excluding carboxylic acids is 1. The van der Waals surface area contributed by atoms with Gasteiger partial charge in [-0.1, -0.05) is 11.6 Å². The van der Waals surface area contributed by atoms with Gasteiger partial charge in [-0.05, 0) is 6.07 Å². The fourth-order valence-corrected chi connectivity index (χ4v) is 3.29. The van der Waals surface area contributed by atoms with E-state index in [0.717, 1.165) is 16.6 Å². The molecule has 0 atom stereocenters. The highest BCUT2D eigenvalue weighted by Gasteiger charge is 2.31. The molecular weight excluding hydrogens is 294 g/mol. The Morgan fingerprint density at radius 3 is 2.58 bits per heavy atom. The molecule has 0 saturated carbocycles. The van der Waals surface area contributed by atoms with E-state index in [2.05, 4.69) is 4.98 Å². The van der Waals surface area contributed by atoms with Crippen LogP contribution in [0.3, 0.4) is 0 Å². The molecule has 1 fully saturated rings. The van der Waals surface area contributed by atoms with Crippen molar-refractivity contribution in [3.05, 3.63) is 27.6 Å².